The molecule has 0 bridgehead atoms. The second kappa shape index (κ2) is 30.2. The van der Waals surface area contributed by atoms with Crippen molar-refractivity contribution in [1.82, 2.24) is 45.8 Å². The maximum Gasteiger partial charge on any atom is 0.358 e. The van der Waals surface area contributed by atoms with E-state index in [1.807, 2.05) is 54.6 Å². The van der Waals surface area contributed by atoms with Crippen LogP contribution in [0.2, 0.25) is 20.1 Å². The number of ether oxygens (including phenoxy) is 2. The van der Waals surface area contributed by atoms with Crippen molar-refractivity contribution in [2.75, 3.05) is 39.5 Å². The highest BCUT2D eigenvalue weighted by Gasteiger charge is 2.24. The van der Waals surface area contributed by atoms with Crippen LogP contribution in [0.15, 0.2) is 123 Å². The van der Waals surface area contributed by atoms with Crippen LogP contribution in [0.3, 0.4) is 0 Å². The summed E-state index contributed by atoms with van der Waals surface area (Å²) >= 11 is 24.6. The van der Waals surface area contributed by atoms with E-state index in [1.165, 1.54) is 34.6 Å². The minimum atomic E-state index is -1.48. The summed E-state index contributed by atoms with van der Waals surface area (Å²) in [5.74, 6) is 2.64. The van der Waals surface area contributed by atoms with Gasteiger partial charge in [0.1, 0.15) is 25.6 Å². The van der Waals surface area contributed by atoms with Crippen LogP contribution >= 0.6 is 46.4 Å². The Morgan fingerprint density at radius 2 is 1.12 bits per heavy atom. The molecular formula is C48H52Cl4N10O11. The molecule has 4 aromatic carbocycles. The Labute approximate surface area is 439 Å². The van der Waals surface area contributed by atoms with E-state index < -0.39 is 36.0 Å². The Bertz CT molecular complexity index is 2760. The molecule has 6 aromatic rings. The number of carboxylic acid groups (broad SMARTS) is 1. The average Bonchev–Trinajstić information content (AvgIpc) is 4.06. The van der Waals surface area contributed by atoms with Crippen molar-refractivity contribution in [2.24, 2.45) is 5.84 Å². The smallest absolute Gasteiger partial charge is 0.358 e. The lowest BCUT2D eigenvalue weighted by Gasteiger charge is -2.24. The van der Waals surface area contributed by atoms with Gasteiger partial charge in [0.05, 0.1) is 26.3 Å². The van der Waals surface area contributed by atoms with E-state index in [0.717, 1.165) is 43.1 Å². The van der Waals surface area contributed by atoms with Gasteiger partial charge >= 0.3 is 17.9 Å². The number of esters is 2. The van der Waals surface area contributed by atoms with Crippen LogP contribution in [0.4, 0.5) is 0 Å². The fourth-order valence-corrected chi connectivity index (χ4v) is 6.82. The monoisotopic (exact) mass is 1080 g/mol. The molecule has 1 amide bonds. The summed E-state index contributed by atoms with van der Waals surface area (Å²) in [5.41, 5.74) is 7.59. The third-order valence-electron chi connectivity index (χ3n) is 9.37. The maximum absolute atomic E-state index is 12.7. The molecule has 0 aliphatic rings. The molecule has 6 N–H and O–H groups in total. The molecule has 0 spiro atoms. The van der Waals surface area contributed by atoms with Gasteiger partial charge in [-0.2, -0.15) is 0 Å². The molecule has 0 aliphatic carbocycles. The van der Waals surface area contributed by atoms with Gasteiger partial charge in [0.2, 0.25) is 0 Å². The number of benzene rings is 4. The number of carboxylic acids is 1. The fourth-order valence-electron chi connectivity index (χ4n) is 6.03. The van der Waals surface area contributed by atoms with Crippen molar-refractivity contribution in [2.45, 2.75) is 39.1 Å². The summed E-state index contributed by atoms with van der Waals surface area (Å²) in [6.07, 6.45) is 2.75. The Morgan fingerprint density at radius 1 is 0.685 bits per heavy atom. The number of carbonyl (C=O) groups is 4. The number of nitrogens with zero attached hydrogens (tertiary/aromatic N) is 8. The van der Waals surface area contributed by atoms with Crippen LogP contribution in [0.25, 0.3) is 22.3 Å². The van der Waals surface area contributed by atoms with E-state index in [2.05, 4.69) is 39.2 Å². The largest absolute Gasteiger partial charge is 0.476 e. The summed E-state index contributed by atoms with van der Waals surface area (Å²) in [5, 5.41) is 47.7. The van der Waals surface area contributed by atoms with Crippen molar-refractivity contribution >= 4 is 70.2 Å². The summed E-state index contributed by atoms with van der Waals surface area (Å²) in [4.78, 5) is 58.5. The highest BCUT2D eigenvalue weighted by atomic mass is 35.5. The Kier molecular flexibility index (Phi) is 24.3. The van der Waals surface area contributed by atoms with Gasteiger partial charge in [-0.05, 0) is 82.9 Å². The number of rotatable bonds is 23. The quantitative estimate of drug-likeness (QED) is 0.0220. The topological polar surface area (TPSA) is 272 Å². The lowest BCUT2D eigenvalue weighted by atomic mass is 10.0. The van der Waals surface area contributed by atoms with Crippen molar-refractivity contribution in [1.29, 1.82) is 0 Å². The van der Waals surface area contributed by atoms with Gasteiger partial charge in [0, 0.05) is 44.3 Å². The van der Waals surface area contributed by atoms with Crippen LogP contribution in [0.1, 0.15) is 46.0 Å². The molecular weight excluding hydrogens is 1030 g/mol. The maximum atomic E-state index is 12.7. The van der Waals surface area contributed by atoms with E-state index >= 15 is 0 Å². The van der Waals surface area contributed by atoms with E-state index in [0.29, 0.717) is 26.6 Å². The van der Waals surface area contributed by atoms with Crippen molar-refractivity contribution < 1.29 is 53.6 Å². The first-order valence-electron chi connectivity index (χ1n) is 21.8. The van der Waals surface area contributed by atoms with Crippen molar-refractivity contribution in [3.8, 4) is 22.3 Å². The molecule has 2 aromatic heterocycles. The molecule has 0 saturated heterocycles. The molecule has 0 radical (unpaired) electrons. The van der Waals surface area contributed by atoms with Crippen LogP contribution in [-0.4, -0.2) is 131 Å². The number of aromatic carboxylic acids is 1. The molecule has 0 fully saturated rings. The lowest BCUT2D eigenvalue weighted by Crippen LogP contribution is -2.47. The number of halogens is 4. The van der Waals surface area contributed by atoms with E-state index in [-0.39, 0.29) is 57.4 Å². The van der Waals surface area contributed by atoms with Gasteiger partial charge in [0.15, 0.2) is 23.6 Å². The standard InChI is InChI=1S/C24H25Cl2N5O5.C18H20Cl2N2O3.C6H7N3O3/c1-3-11-36-31-14-21(27-29-31)23(33)28-30(15-22(32)24(34)35-4-2)13-16-5-7-17(8-6-16)19-12-18(25)9-10-20(19)26;1-2-25-18(24)17(23)11-22(21)10-12-3-5-13(6-4-12)15-9-14(19)7-8-16(15)20;1-2-3-12-9-4-5(6(10)11)7-8-9/h3,5-10,12,14,22,32H,1,4,11,13,15H2,2H3,(H,28,33);3-9,17,23H,2,10-11,21H2,1H3;2,4H,1,3H2,(H,10,11)/t22-;17-;/m11./s1. The number of nitrogens with two attached hydrogens (primary N) is 1. The molecule has 2 atom stereocenters. The highest BCUT2D eigenvalue weighted by Crippen LogP contribution is 2.32. The molecule has 0 unspecified atom stereocenters. The lowest BCUT2D eigenvalue weighted by molar-refractivity contribution is -0.155. The molecule has 0 aliphatic heterocycles. The van der Waals surface area contributed by atoms with Gasteiger partial charge < -0.3 is 34.5 Å². The van der Waals surface area contributed by atoms with Gasteiger partial charge in [-0.25, -0.2) is 24.4 Å². The number of nitrogens with one attached hydrogen (secondary N) is 1. The summed E-state index contributed by atoms with van der Waals surface area (Å²) in [7, 11) is 0. The van der Waals surface area contributed by atoms with E-state index in [1.54, 1.807) is 44.2 Å². The molecule has 6 rings (SSSR count). The minimum absolute atomic E-state index is 0.0132. The number of hydrazine groups is 2. The van der Waals surface area contributed by atoms with Crippen LogP contribution < -0.4 is 20.9 Å². The van der Waals surface area contributed by atoms with E-state index in [4.69, 9.17) is 76.5 Å². The highest BCUT2D eigenvalue weighted by molar-refractivity contribution is 6.36. The molecule has 2 heterocycles. The molecule has 73 heavy (non-hydrogen) atoms. The number of carbonyl (C=O) groups excluding carboxylic acids is 3. The third kappa shape index (κ3) is 19.6. The summed E-state index contributed by atoms with van der Waals surface area (Å²) < 4.78 is 9.61. The van der Waals surface area contributed by atoms with Gasteiger partial charge in [0.25, 0.3) is 5.91 Å². The third-order valence-corrected chi connectivity index (χ3v) is 10.5. The molecule has 21 nitrogen and oxygen atoms in total. The normalized spacial score (nSPS) is 11.5. The first kappa shape index (κ1) is 58.6. The molecule has 25 heteroatoms. The predicted octanol–water partition coefficient (Wildman–Crippen LogP) is 5.79. The summed E-state index contributed by atoms with van der Waals surface area (Å²) in [6, 6.07) is 25.5. The number of aromatic nitrogens is 6. The number of aliphatic hydroxyl groups excluding tert-OH is 2. The second-order valence-corrected chi connectivity index (χ2v) is 16.6. The number of amides is 1. The average molecular weight is 1090 g/mol. The zero-order valence-electron chi connectivity index (χ0n) is 39.4. The van der Waals surface area contributed by atoms with Gasteiger partial charge in [-0.3, -0.25) is 16.1 Å². The Balaban J connectivity index is 0.000000268. The number of hydrogen-bond donors (Lipinski definition) is 5. The Morgan fingerprint density at radius 3 is 1.56 bits per heavy atom. The first-order chi connectivity index (χ1) is 34.9. The predicted molar refractivity (Wildman–Crippen MR) is 272 cm³/mol. The minimum Gasteiger partial charge on any atom is -0.476 e. The SMILES string of the molecule is C=CCOn1cc(C(=O)NN(Cc2ccc(-c3cc(Cl)ccc3Cl)cc2)C[C@@H](O)C(=O)OCC)nn1.C=CCOn1cc(C(=O)O)nn1.CCOC(=O)[C@H](O)CN(N)Cc1ccc(-c2cc(Cl)ccc2Cl)cc1. The zero-order valence-corrected chi connectivity index (χ0v) is 42.4. The number of aliphatic hydroxyl groups is 2. The second-order valence-electron chi connectivity index (χ2n) is 14.9. The van der Waals surface area contributed by atoms with Crippen molar-refractivity contribution in [3.05, 3.63) is 165 Å². The van der Waals surface area contributed by atoms with Crippen LogP contribution in [0.5, 0.6) is 0 Å². The van der Waals surface area contributed by atoms with Crippen molar-refractivity contribution in [3.63, 3.8) is 0 Å². The first-order valence-corrected chi connectivity index (χ1v) is 23.4. The van der Waals surface area contributed by atoms with Gasteiger partial charge in [-0.15, -0.1) is 10.2 Å². The fraction of sp³-hybridized carbons (Fsp3) is 0.250. The number of hydrogen-bond acceptors (Lipinski definition) is 17. The van der Waals surface area contributed by atoms with Crippen LogP contribution in [-0.2, 0) is 32.2 Å². The van der Waals surface area contributed by atoms with Crippen LogP contribution in [0, 0.1) is 0 Å². The zero-order chi connectivity index (χ0) is 53.5. The summed E-state index contributed by atoms with van der Waals surface area (Å²) in [6.45, 7) is 11.3. The molecule has 388 valence electrons. The molecule has 0 saturated carbocycles. The van der Waals surface area contributed by atoms with Gasteiger partial charge in [-0.1, -0.05) is 130 Å². The van der Waals surface area contributed by atoms with E-state index in [9.17, 15) is 29.4 Å². The Hall–Kier alpha value is -6.92.